The normalized spacial score (nSPS) is 11.6. The first-order valence-corrected chi connectivity index (χ1v) is 7.03. The minimum atomic E-state index is -0.837. The second kappa shape index (κ2) is 6.29. The smallest absolute Gasteiger partial charge is 0.222 e. The van der Waals surface area contributed by atoms with Gasteiger partial charge in [0.05, 0.1) is 16.3 Å². The molecule has 0 bridgehead atoms. The average Bonchev–Trinajstić information content (AvgIpc) is 2.61. The van der Waals surface area contributed by atoms with Crippen molar-refractivity contribution in [3.8, 4) is 0 Å². The number of carbonyl (C=O) groups excluding carboxylic acids is 1. The van der Waals surface area contributed by atoms with Gasteiger partial charge < -0.3 is 10.0 Å². The van der Waals surface area contributed by atoms with Crippen molar-refractivity contribution in [2.24, 2.45) is 0 Å². The van der Waals surface area contributed by atoms with E-state index in [2.05, 4.69) is 4.98 Å². The lowest BCUT2D eigenvalue weighted by atomic mass is 10.1. The lowest BCUT2D eigenvalue weighted by Gasteiger charge is -2.25. The molecule has 0 radical (unpaired) electrons. The second-order valence-electron chi connectivity index (χ2n) is 5.27. The van der Waals surface area contributed by atoms with E-state index in [0.717, 1.165) is 23.5 Å². The van der Waals surface area contributed by atoms with E-state index in [9.17, 15) is 9.90 Å². The van der Waals surface area contributed by atoms with Crippen LogP contribution in [0.5, 0.6) is 0 Å². The highest BCUT2D eigenvalue weighted by Crippen LogP contribution is 2.11. The molecule has 1 rings (SSSR count). The van der Waals surface area contributed by atoms with Gasteiger partial charge in [-0.3, -0.25) is 4.79 Å². The molecular formula is C13H22N2O2S. The van der Waals surface area contributed by atoms with E-state index in [1.807, 2.05) is 12.3 Å². The number of hydrogen-bond donors (Lipinski definition) is 1. The van der Waals surface area contributed by atoms with Crippen molar-refractivity contribution in [1.82, 2.24) is 9.88 Å². The predicted octanol–water partition coefficient (Wildman–Crippen LogP) is 2.00. The molecule has 0 aromatic carbocycles. The van der Waals surface area contributed by atoms with E-state index in [-0.39, 0.29) is 5.91 Å². The van der Waals surface area contributed by atoms with Crippen LogP contribution < -0.4 is 0 Å². The minimum absolute atomic E-state index is 0.0732. The molecule has 0 aliphatic rings. The van der Waals surface area contributed by atoms with Crippen LogP contribution in [0, 0.1) is 6.92 Å². The summed E-state index contributed by atoms with van der Waals surface area (Å²) in [4.78, 5) is 17.8. The molecule has 1 heterocycles. The van der Waals surface area contributed by atoms with Crippen molar-refractivity contribution in [3.63, 3.8) is 0 Å². The third kappa shape index (κ3) is 5.60. The van der Waals surface area contributed by atoms with Crippen LogP contribution in [0.1, 0.15) is 37.4 Å². The molecule has 5 heteroatoms. The predicted molar refractivity (Wildman–Crippen MR) is 73.7 cm³/mol. The van der Waals surface area contributed by atoms with Gasteiger partial charge in [0, 0.05) is 25.4 Å². The van der Waals surface area contributed by atoms with E-state index in [4.69, 9.17) is 0 Å². The summed E-state index contributed by atoms with van der Waals surface area (Å²) in [7, 11) is 1.73. The van der Waals surface area contributed by atoms with Crippen LogP contribution in [0.15, 0.2) is 5.38 Å². The topological polar surface area (TPSA) is 53.4 Å². The van der Waals surface area contributed by atoms with Gasteiger partial charge in [-0.1, -0.05) is 0 Å². The summed E-state index contributed by atoms with van der Waals surface area (Å²) in [6.45, 7) is 5.75. The summed E-state index contributed by atoms with van der Waals surface area (Å²) < 4.78 is 0. The van der Waals surface area contributed by atoms with Crippen LogP contribution in [0.3, 0.4) is 0 Å². The zero-order chi connectivity index (χ0) is 13.8. The summed E-state index contributed by atoms with van der Waals surface area (Å²) >= 11 is 1.64. The number of thiazole rings is 1. The van der Waals surface area contributed by atoms with E-state index >= 15 is 0 Å². The fourth-order valence-corrected chi connectivity index (χ4v) is 2.45. The van der Waals surface area contributed by atoms with E-state index < -0.39 is 5.60 Å². The van der Waals surface area contributed by atoms with Gasteiger partial charge in [-0.2, -0.15) is 0 Å². The highest BCUT2D eigenvalue weighted by molar-refractivity contribution is 7.09. The molecule has 1 N–H and O–H groups in total. The molecule has 102 valence electrons. The molecule has 0 fully saturated rings. The van der Waals surface area contributed by atoms with Crippen LogP contribution in [-0.2, 0) is 11.2 Å². The van der Waals surface area contributed by atoms with E-state index in [1.54, 1.807) is 37.1 Å². The van der Waals surface area contributed by atoms with E-state index in [1.165, 1.54) is 0 Å². The van der Waals surface area contributed by atoms with Crippen molar-refractivity contribution in [1.29, 1.82) is 0 Å². The number of aryl methyl sites for hydroxylation is 2. The van der Waals surface area contributed by atoms with Crippen LogP contribution in [0.4, 0.5) is 0 Å². The molecule has 4 nitrogen and oxygen atoms in total. The molecule has 1 amide bonds. The number of aromatic nitrogens is 1. The molecule has 18 heavy (non-hydrogen) atoms. The first kappa shape index (κ1) is 15.1. The van der Waals surface area contributed by atoms with Gasteiger partial charge in [-0.05, 0) is 33.6 Å². The fraction of sp³-hybridized carbons (Fsp3) is 0.692. The number of hydrogen-bond acceptors (Lipinski definition) is 4. The standard InChI is InChI=1S/C13H22N2O2S/c1-10-14-11(8-18-10)6-5-7-12(16)15(4)9-13(2,3)17/h8,17H,5-7,9H2,1-4H3. The average molecular weight is 270 g/mol. The zero-order valence-corrected chi connectivity index (χ0v) is 12.4. The van der Waals surface area contributed by atoms with Crippen molar-refractivity contribution < 1.29 is 9.90 Å². The maximum absolute atomic E-state index is 11.8. The maximum atomic E-state index is 11.8. The summed E-state index contributed by atoms with van der Waals surface area (Å²) in [5.74, 6) is 0.0732. The number of likely N-dealkylation sites (N-methyl/N-ethyl adjacent to an activating group) is 1. The summed E-state index contributed by atoms with van der Waals surface area (Å²) in [6, 6.07) is 0. The third-order valence-corrected chi connectivity index (χ3v) is 3.36. The second-order valence-corrected chi connectivity index (χ2v) is 6.34. The number of nitrogens with zero attached hydrogens (tertiary/aromatic N) is 2. The van der Waals surface area contributed by atoms with Gasteiger partial charge in [-0.25, -0.2) is 4.98 Å². The molecule has 0 aliphatic carbocycles. The van der Waals surface area contributed by atoms with Gasteiger partial charge in [0.2, 0.25) is 5.91 Å². The molecule has 0 spiro atoms. The Labute approximate surface area is 113 Å². The molecule has 0 saturated heterocycles. The van der Waals surface area contributed by atoms with Gasteiger partial charge in [-0.15, -0.1) is 11.3 Å². The monoisotopic (exact) mass is 270 g/mol. The number of rotatable bonds is 6. The van der Waals surface area contributed by atoms with Crippen molar-refractivity contribution in [2.75, 3.05) is 13.6 Å². The summed E-state index contributed by atoms with van der Waals surface area (Å²) in [5.41, 5.74) is 0.228. The molecule has 1 aromatic heterocycles. The summed E-state index contributed by atoms with van der Waals surface area (Å²) in [5, 5.41) is 12.7. The Hall–Kier alpha value is -0.940. The molecule has 0 atom stereocenters. The van der Waals surface area contributed by atoms with Crippen LogP contribution in [0.2, 0.25) is 0 Å². The lowest BCUT2D eigenvalue weighted by Crippen LogP contribution is -2.39. The number of aliphatic hydroxyl groups is 1. The Kier molecular flexibility index (Phi) is 5.28. The third-order valence-electron chi connectivity index (χ3n) is 2.54. The zero-order valence-electron chi connectivity index (χ0n) is 11.6. The first-order chi connectivity index (χ1) is 8.28. The Morgan fingerprint density at radius 1 is 1.56 bits per heavy atom. The maximum Gasteiger partial charge on any atom is 0.222 e. The highest BCUT2D eigenvalue weighted by Gasteiger charge is 2.18. The molecule has 0 unspecified atom stereocenters. The number of carbonyl (C=O) groups is 1. The largest absolute Gasteiger partial charge is 0.389 e. The van der Waals surface area contributed by atoms with Crippen LogP contribution in [-0.4, -0.2) is 40.1 Å². The van der Waals surface area contributed by atoms with Gasteiger partial charge in [0.25, 0.3) is 0 Å². The van der Waals surface area contributed by atoms with Gasteiger partial charge >= 0.3 is 0 Å². The van der Waals surface area contributed by atoms with Gasteiger partial charge in [0.15, 0.2) is 0 Å². The van der Waals surface area contributed by atoms with Crippen molar-refractivity contribution >= 4 is 17.2 Å². The lowest BCUT2D eigenvalue weighted by molar-refractivity contribution is -0.132. The quantitative estimate of drug-likeness (QED) is 0.860. The molecule has 0 aliphatic heterocycles. The Morgan fingerprint density at radius 2 is 2.22 bits per heavy atom. The summed E-state index contributed by atoms with van der Waals surface area (Å²) in [6.07, 6.45) is 2.15. The highest BCUT2D eigenvalue weighted by atomic mass is 32.1. The Morgan fingerprint density at radius 3 is 2.72 bits per heavy atom. The number of amides is 1. The Balaban J connectivity index is 2.28. The van der Waals surface area contributed by atoms with Gasteiger partial charge in [0.1, 0.15) is 0 Å². The first-order valence-electron chi connectivity index (χ1n) is 6.15. The van der Waals surface area contributed by atoms with Crippen LogP contribution >= 0.6 is 11.3 Å². The fourth-order valence-electron chi connectivity index (χ4n) is 1.80. The van der Waals surface area contributed by atoms with Crippen LogP contribution in [0.25, 0.3) is 0 Å². The minimum Gasteiger partial charge on any atom is -0.389 e. The van der Waals surface area contributed by atoms with E-state index in [0.29, 0.717) is 13.0 Å². The molecular weight excluding hydrogens is 248 g/mol. The Bertz CT molecular complexity index is 396. The molecule has 1 aromatic rings. The van der Waals surface area contributed by atoms with Crippen molar-refractivity contribution in [3.05, 3.63) is 16.1 Å². The SMILES string of the molecule is Cc1nc(CCCC(=O)N(C)CC(C)(C)O)cs1. The van der Waals surface area contributed by atoms with Crippen molar-refractivity contribution in [2.45, 2.75) is 45.6 Å². The molecule has 0 saturated carbocycles.